The Morgan fingerprint density at radius 2 is 1.91 bits per heavy atom. The third-order valence-corrected chi connectivity index (χ3v) is 1.62. The molecule has 0 aliphatic heterocycles. The molecule has 0 bridgehead atoms. The molecule has 0 aromatic rings. The third kappa shape index (κ3) is 9.41. The second-order valence-corrected chi connectivity index (χ2v) is 2.72. The lowest BCUT2D eigenvalue weighted by Crippen LogP contribution is -1.74. The normalized spacial score (nSPS) is 10.6. The highest BCUT2D eigenvalue weighted by Gasteiger charge is 1.83. The first-order valence-electron chi connectivity index (χ1n) is 4.50. The summed E-state index contributed by atoms with van der Waals surface area (Å²) >= 11 is 0. The molecule has 0 rings (SSSR count). The summed E-state index contributed by atoms with van der Waals surface area (Å²) < 4.78 is 0. The van der Waals surface area contributed by atoms with Gasteiger partial charge in [0.1, 0.15) is 6.29 Å². The maximum absolute atomic E-state index is 9.89. The maximum atomic E-state index is 9.89. The predicted molar refractivity (Wildman–Crippen MR) is 48.6 cm³/mol. The Bertz CT molecular complexity index is 105. The standard InChI is InChI=1S/C10H18O/c1-2-3-4-5-6-7-8-9-10-11/h7-8,10H,2-6,9H2,1H3. The van der Waals surface area contributed by atoms with Crippen molar-refractivity contribution < 1.29 is 4.79 Å². The molecule has 0 atom stereocenters. The first kappa shape index (κ1) is 10.4. The van der Waals surface area contributed by atoms with Crippen LogP contribution in [0.3, 0.4) is 0 Å². The number of carbonyl (C=O) groups is 1. The summed E-state index contributed by atoms with van der Waals surface area (Å²) in [5.41, 5.74) is 0. The smallest absolute Gasteiger partial charge is 0.123 e. The van der Waals surface area contributed by atoms with Gasteiger partial charge in [-0.2, -0.15) is 0 Å². The quantitative estimate of drug-likeness (QED) is 0.313. The van der Waals surface area contributed by atoms with E-state index in [9.17, 15) is 4.79 Å². The lowest BCUT2D eigenvalue weighted by atomic mass is 10.1. The van der Waals surface area contributed by atoms with Gasteiger partial charge in [-0.1, -0.05) is 38.3 Å². The summed E-state index contributed by atoms with van der Waals surface area (Å²) in [5, 5.41) is 0. The van der Waals surface area contributed by atoms with Crippen molar-refractivity contribution in [2.45, 2.75) is 45.4 Å². The summed E-state index contributed by atoms with van der Waals surface area (Å²) in [5.74, 6) is 0. The van der Waals surface area contributed by atoms with Gasteiger partial charge in [-0.25, -0.2) is 0 Å². The van der Waals surface area contributed by atoms with Crippen LogP contribution >= 0.6 is 0 Å². The van der Waals surface area contributed by atoms with E-state index < -0.39 is 0 Å². The maximum Gasteiger partial charge on any atom is 0.123 e. The van der Waals surface area contributed by atoms with Crippen molar-refractivity contribution in [3.05, 3.63) is 12.2 Å². The van der Waals surface area contributed by atoms with Crippen LogP contribution in [0.1, 0.15) is 45.4 Å². The molecular weight excluding hydrogens is 136 g/mol. The van der Waals surface area contributed by atoms with Crippen molar-refractivity contribution in [1.82, 2.24) is 0 Å². The van der Waals surface area contributed by atoms with Crippen LogP contribution in [0.2, 0.25) is 0 Å². The number of hydrogen-bond acceptors (Lipinski definition) is 1. The highest BCUT2D eigenvalue weighted by Crippen LogP contribution is 2.02. The molecule has 0 fully saturated rings. The SMILES string of the molecule is CCCCCCC=CCC=O. The molecule has 11 heavy (non-hydrogen) atoms. The Kier molecular flexibility index (Phi) is 8.91. The van der Waals surface area contributed by atoms with Crippen molar-refractivity contribution in [1.29, 1.82) is 0 Å². The minimum atomic E-state index is 0.577. The molecule has 0 spiro atoms. The van der Waals surface area contributed by atoms with E-state index in [1.807, 2.05) is 6.08 Å². The van der Waals surface area contributed by atoms with Crippen LogP contribution in [0.5, 0.6) is 0 Å². The van der Waals surface area contributed by atoms with Crippen LogP contribution in [0, 0.1) is 0 Å². The van der Waals surface area contributed by atoms with Gasteiger partial charge in [0.25, 0.3) is 0 Å². The van der Waals surface area contributed by atoms with Crippen molar-refractivity contribution in [2.24, 2.45) is 0 Å². The minimum Gasteiger partial charge on any atom is -0.303 e. The van der Waals surface area contributed by atoms with E-state index in [1.54, 1.807) is 0 Å². The molecule has 0 amide bonds. The molecule has 0 unspecified atom stereocenters. The Labute approximate surface area is 69.5 Å². The van der Waals surface area contributed by atoms with Gasteiger partial charge in [0.2, 0.25) is 0 Å². The number of carbonyl (C=O) groups excluding carboxylic acids is 1. The molecule has 0 aliphatic rings. The zero-order valence-corrected chi connectivity index (χ0v) is 7.38. The van der Waals surface area contributed by atoms with E-state index in [-0.39, 0.29) is 0 Å². The second-order valence-electron chi connectivity index (χ2n) is 2.72. The van der Waals surface area contributed by atoms with Crippen LogP contribution in [0.25, 0.3) is 0 Å². The zero-order valence-electron chi connectivity index (χ0n) is 7.38. The van der Waals surface area contributed by atoms with Gasteiger partial charge < -0.3 is 4.79 Å². The average Bonchev–Trinajstić information content (AvgIpc) is 2.03. The Hall–Kier alpha value is -0.590. The number of unbranched alkanes of at least 4 members (excludes halogenated alkanes) is 4. The number of allylic oxidation sites excluding steroid dienone is 2. The fraction of sp³-hybridized carbons (Fsp3) is 0.700. The molecule has 0 N–H and O–H groups in total. The van der Waals surface area contributed by atoms with Gasteiger partial charge in [-0.05, 0) is 12.8 Å². The molecule has 0 saturated heterocycles. The molecule has 0 aliphatic carbocycles. The highest BCUT2D eigenvalue weighted by molar-refractivity contribution is 5.51. The fourth-order valence-electron chi connectivity index (χ4n) is 0.959. The monoisotopic (exact) mass is 154 g/mol. The first-order chi connectivity index (χ1) is 5.41. The van der Waals surface area contributed by atoms with Gasteiger partial charge in [-0.3, -0.25) is 0 Å². The van der Waals surface area contributed by atoms with Crippen molar-refractivity contribution >= 4 is 6.29 Å². The molecule has 1 nitrogen and oxygen atoms in total. The summed E-state index contributed by atoms with van der Waals surface area (Å²) in [7, 11) is 0. The number of hydrogen-bond donors (Lipinski definition) is 0. The van der Waals surface area contributed by atoms with Gasteiger partial charge >= 0.3 is 0 Å². The van der Waals surface area contributed by atoms with Gasteiger partial charge in [-0.15, -0.1) is 0 Å². The average molecular weight is 154 g/mol. The molecule has 64 valence electrons. The van der Waals surface area contributed by atoms with Crippen LogP contribution in [0.15, 0.2) is 12.2 Å². The van der Waals surface area contributed by atoms with Crippen LogP contribution < -0.4 is 0 Å². The lowest BCUT2D eigenvalue weighted by Gasteiger charge is -1.92. The largest absolute Gasteiger partial charge is 0.303 e. The van der Waals surface area contributed by atoms with Gasteiger partial charge in [0.15, 0.2) is 0 Å². The van der Waals surface area contributed by atoms with Crippen LogP contribution in [0.4, 0.5) is 0 Å². The summed E-state index contributed by atoms with van der Waals surface area (Å²) in [6.45, 7) is 2.21. The summed E-state index contributed by atoms with van der Waals surface area (Å²) in [4.78, 5) is 9.89. The van der Waals surface area contributed by atoms with Gasteiger partial charge in [0.05, 0.1) is 0 Å². The third-order valence-electron chi connectivity index (χ3n) is 1.62. The van der Waals surface area contributed by atoms with E-state index in [4.69, 9.17) is 0 Å². The highest BCUT2D eigenvalue weighted by atomic mass is 16.1. The molecule has 0 aromatic carbocycles. The first-order valence-corrected chi connectivity index (χ1v) is 4.50. The van der Waals surface area contributed by atoms with Crippen molar-refractivity contribution in [3.63, 3.8) is 0 Å². The van der Waals surface area contributed by atoms with Crippen molar-refractivity contribution in [2.75, 3.05) is 0 Å². The van der Waals surface area contributed by atoms with E-state index in [0.29, 0.717) is 6.42 Å². The van der Waals surface area contributed by atoms with Crippen LogP contribution in [-0.2, 0) is 4.79 Å². The molecule has 0 heterocycles. The van der Waals surface area contributed by atoms with Crippen molar-refractivity contribution in [3.8, 4) is 0 Å². The van der Waals surface area contributed by atoms with E-state index in [1.165, 1.54) is 25.7 Å². The Morgan fingerprint density at radius 1 is 1.09 bits per heavy atom. The summed E-state index contributed by atoms with van der Waals surface area (Å²) in [6, 6.07) is 0. The van der Waals surface area contributed by atoms with Gasteiger partial charge in [0, 0.05) is 6.42 Å². The fourth-order valence-corrected chi connectivity index (χ4v) is 0.959. The minimum absolute atomic E-state index is 0.577. The lowest BCUT2D eigenvalue weighted by molar-refractivity contribution is -0.107. The molecule has 0 radical (unpaired) electrons. The topological polar surface area (TPSA) is 17.1 Å². The predicted octanol–water partition coefficient (Wildman–Crippen LogP) is 3.10. The van der Waals surface area contributed by atoms with E-state index in [2.05, 4.69) is 13.0 Å². The van der Waals surface area contributed by atoms with E-state index in [0.717, 1.165) is 12.7 Å². The Balaban J connectivity index is 2.94. The summed E-state index contributed by atoms with van der Waals surface area (Å²) in [6.07, 6.45) is 11.9. The molecule has 0 saturated carbocycles. The molecule has 0 aromatic heterocycles. The zero-order chi connectivity index (χ0) is 8.36. The Morgan fingerprint density at radius 3 is 2.55 bits per heavy atom. The van der Waals surface area contributed by atoms with E-state index >= 15 is 0 Å². The number of rotatable bonds is 7. The van der Waals surface area contributed by atoms with Crippen LogP contribution in [-0.4, -0.2) is 6.29 Å². The molecule has 1 heteroatoms. The second kappa shape index (κ2) is 9.41. The molecular formula is C10H18O. The number of aldehydes is 1.